The zero-order valence-electron chi connectivity index (χ0n) is 12.1. The van der Waals surface area contributed by atoms with Crippen molar-refractivity contribution >= 4 is 38.8 Å². The van der Waals surface area contributed by atoms with Gasteiger partial charge in [-0.25, -0.2) is 0 Å². The zero-order chi connectivity index (χ0) is 14.7. The maximum absolute atomic E-state index is 5.90. The first kappa shape index (κ1) is 15.7. The molecule has 0 radical (unpaired) electrons. The molecule has 1 aliphatic rings. The summed E-state index contributed by atoms with van der Waals surface area (Å²) in [5, 5.41) is 0. The molecule has 0 spiro atoms. The number of anilines is 1. The minimum absolute atomic E-state index is 0.472. The van der Waals surface area contributed by atoms with Gasteiger partial charge in [0.15, 0.2) is 0 Å². The predicted molar refractivity (Wildman–Crippen MR) is 93.6 cm³/mol. The Hall–Kier alpha value is -0.650. The predicted octanol–water partition coefficient (Wildman–Crippen LogP) is 3.00. The third-order valence-electron chi connectivity index (χ3n) is 3.91. The number of nitrogens with zero attached hydrogens (tertiary/aromatic N) is 2. The Labute approximate surface area is 135 Å². The summed E-state index contributed by atoms with van der Waals surface area (Å²) in [4.78, 5) is 5.36. The van der Waals surface area contributed by atoms with E-state index in [1.54, 1.807) is 0 Å². The molecule has 0 bridgehead atoms. The van der Waals surface area contributed by atoms with Crippen LogP contribution in [0.4, 0.5) is 5.69 Å². The van der Waals surface area contributed by atoms with Crippen molar-refractivity contribution in [2.45, 2.75) is 25.8 Å². The highest BCUT2D eigenvalue weighted by Crippen LogP contribution is 2.29. The molecule has 1 aliphatic heterocycles. The van der Waals surface area contributed by atoms with Gasteiger partial charge in [0.1, 0.15) is 4.99 Å². The highest BCUT2D eigenvalue weighted by Gasteiger charge is 2.24. The third kappa shape index (κ3) is 3.51. The van der Waals surface area contributed by atoms with Crippen molar-refractivity contribution in [2.24, 2.45) is 5.73 Å². The van der Waals surface area contributed by atoms with Crippen molar-refractivity contribution in [3.63, 3.8) is 0 Å². The fourth-order valence-corrected chi connectivity index (χ4v) is 3.38. The summed E-state index contributed by atoms with van der Waals surface area (Å²) in [6.07, 6.45) is 2.28. The van der Waals surface area contributed by atoms with Crippen molar-refractivity contribution in [2.75, 3.05) is 31.6 Å². The van der Waals surface area contributed by atoms with E-state index in [2.05, 4.69) is 45.8 Å². The van der Waals surface area contributed by atoms with E-state index >= 15 is 0 Å². The fourth-order valence-electron chi connectivity index (χ4n) is 2.86. The molecule has 1 unspecified atom stereocenters. The molecular formula is C15H22BrN3S. The summed E-state index contributed by atoms with van der Waals surface area (Å²) in [6.45, 7) is 5.52. The van der Waals surface area contributed by atoms with Crippen LogP contribution >= 0.6 is 28.1 Å². The molecule has 110 valence electrons. The van der Waals surface area contributed by atoms with E-state index in [1.165, 1.54) is 0 Å². The second kappa shape index (κ2) is 6.87. The molecule has 0 aromatic heterocycles. The SMILES string of the molecule is CCC1CN(C)CCCN1c1cc(Br)ccc1C(N)=S. The molecule has 5 heteroatoms. The van der Waals surface area contributed by atoms with Gasteiger partial charge in [-0.1, -0.05) is 35.1 Å². The normalized spacial score (nSPS) is 20.8. The molecule has 0 amide bonds. The highest BCUT2D eigenvalue weighted by atomic mass is 79.9. The molecule has 1 fully saturated rings. The number of likely N-dealkylation sites (N-methyl/N-ethyl adjacent to an activating group) is 1. The van der Waals surface area contributed by atoms with Gasteiger partial charge in [-0.05, 0) is 44.6 Å². The average Bonchev–Trinajstić information content (AvgIpc) is 2.59. The van der Waals surface area contributed by atoms with E-state index in [0.29, 0.717) is 11.0 Å². The molecule has 1 heterocycles. The van der Waals surface area contributed by atoms with Crippen molar-refractivity contribution in [3.8, 4) is 0 Å². The summed E-state index contributed by atoms with van der Waals surface area (Å²) in [5.74, 6) is 0. The average molecular weight is 356 g/mol. The highest BCUT2D eigenvalue weighted by molar-refractivity contribution is 9.10. The molecule has 1 saturated heterocycles. The van der Waals surface area contributed by atoms with E-state index in [0.717, 1.165) is 48.2 Å². The lowest BCUT2D eigenvalue weighted by atomic mass is 10.1. The number of thiocarbonyl (C=S) groups is 1. The van der Waals surface area contributed by atoms with Crippen molar-refractivity contribution in [1.82, 2.24) is 4.90 Å². The van der Waals surface area contributed by atoms with Crippen LogP contribution in [0.1, 0.15) is 25.3 Å². The van der Waals surface area contributed by atoms with E-state index in [4.69, 9.17) is 18.0 Å². The van der Waals surface area contributed by atoms with E-state index in [9.17, 15) is 0 Å². The van der Waals surface area contributed by atoms with Crippen LogP contribution in [0.3, 0.4) is 0 Å². The molecule has 1 atom stereocenters. The van der Waals surface area contributed by atoms with Crippen molar-refractivity contribution in [1.29, 1.82) is 0 Å². The van der Waals surface area contributed by atoms with Crippen LogP contribution in [0.25, 0.3) is 0 Å². The van der Waals surface area contributed by atoms with Gasteiger partial charge < -0.3 is 15.5 Å². The van der Waals surface area contributed by atoms with Crippen molar-refractivity contribution < 1.29 is 0 Å². The van der Waals surface area contributed by atoms with Gasteiger partial charge in [0.25, 0.3) is 0 Å². The summed E-state index contributed by atoms with van der Waals surface area (Å²) in [5.41, 5.74) is 8.04. The molecule has 3 nitrogen and oxygen atoms in total. The second-order valence-electron chi connectivity index (χ2n) is 5.40. The van der Waals surface area contributed by atoms with Gasteiger partial charge >= 0.3 is 0 Å². The number of nitrogens with two attached hydrogens (primary N) is 1. The summed E-state index contributed by atoms with van der Waals surface area (Å²) < 4.78 is 1.07. The van der Waals surface area contributed by atoms with Crippen LogP contribution in [0, 0.1) is 0 Å². The smallest absolute Gasteiger partial charge is 0.106 e. The van der Waals surface area contributed by atoms with Crippen LogP contribution in [0.2, 0.25) is 0 Å². The molecule has 1 aromatic carbocycles. The van der Waals surface area contributed by atoms with Crippen LogP contribution in [0.15, 0.2) is 22.7 Å². The number of halogens is 1. The van der Waals surface area contributed by atoms with Gasteiger partial charge in [0.05, 0.1) is 0 Å². The molecule has 0 saturated carbocycles. The lowest BCUT2D eigenvalue weighted by Gasteiger charge is -2.33. The lowest BCUT2D eigenvalue weighted by molar-refractivity contribution is 0.328. The van der Waals surface area contributed by atoms with Crippen LogP contribution in [-0.4, -0.2) is 42.6 Å². The van der Waals surface area contributed by atoms with Gasteiger partial charge in [-0.2, -0.15) is 0 Å². The van der Waals surface area contributed by atoms with E-state index in [1.807, 2.05) is 12.1 Å². The molecule has 2 N–H and O–H groups in total. The monoisotopic (exact) mass is 355 g/mol. The van der Waals surface area contributed by atoms with Crippen molar-refractivity contribution in [3.05, 3.63) is 28.2 Å². The zero-order valence-corrected chi connectivity index (χ0v) is 14.5. The third-order valence-corrected chi connectivity index (χ3v) is 4.62. The Morgan fingerprint density at radius 3 is 2.85 bits per heavy atom. The Morgan fingerprint density at radius 2 is 2.20 bits per heavy atom. The number of rotatable bonds is 3. The minimum Gasteiger partial charge on any atom is -0.389 e. The largest absolute Gasteiger partial charge is 0.389 e. The maximum atomic E-state index is 5.90. The Balaban J connectivity index is 2.41. The van der Waals surface area contributed by atoms with Crippen LogP contribution in [-0.2, 0) is 0 Å². The first-order valence-electron chi connectivity index (χ1n) is 7.07. The molecule has 0 aliphatic carbocycles. The van der Waals surface area contributed by atoms with Gasteiger partial charge in [-0.15, -0.1) is 0 Å². The fraction of sp³-hybridized carbons (Fsp3) is 0.533. The Morgan fingerprint density at radius 1 is 1.45 bits per heavy atom. The lowest BCUT2D eigenvalue weighted by Crippen LogP contribution is -2.40. The topological polar surface area (TPSA) is 32.5 Å². The van der Waals surface area contributed by atoms with Crippen LogP contribution in [0.5, 0.6) is 0 Å². The first-order chi connectivity index (χ1) is 9.52. The number of hydrogen-bond acceptors (Lipinski definition) is 3. The second-order valence-corrected chi connectivity index (χ2v) is 6.75. The van der Waals surface area contributed by atoms with Gasteiger partial charge in [0.2, 0.25) is 0 Å². The van der Waals surface area contributed by atoms with Gasteiger partial charge in [-0.3, -0.25) is 0 Å². The van der Waals surface area contributed by atoms with Crippen LogP contribution < -0.4 is 10.6 Å². The number of hydrogen-bond donors (Lipinski definition) is 1. The standard InChI is InChI=1S/C15H22BrN3S/c1-3-12-10-18(2)7-4-8-19(12)14-9-11(16)5-6-13(14)15(17)20/h5-6,9,12H,3-4,7-8,10H2,1-2H3,(H2,17,20). The number of benzene rings is 1. The Bertz CT molecular complexity index is 492. The Kier molecular flexibility index (Phi) is 5.41. The van der Waals surface area contributed by atoms with E-state index in [-0.39, 0.29) is 0 Å². The summed E-state index contributed by atoms with van der Waals surface area (Å²) >= 11 is 8.78. The first-order valence-corrected chi connectivity index (χ1v) is 8.27. The van der Waals surface area contributed by atoms with E-state index < -0.39 is 0 Å². The summed E-state index contributed by atoms with van der Waals surface area (Å²) in [7, 11) is 2.20. The molecular weight excluding hydrogens is 334 g/mol. The molecule has 1 aromatic rings. The molecule has 20 heavy (non-hydrogen) atoms. The van der Waals surface area contributed by atoms with Gasteiger partial charge in [0, 0.05) is 34.9 Å². The maximum Gasteiger partial charge on any atom is 0.106 e. The summed E-state index contributed by atoms with van der Waals surface area (Å²) in [6, 6.07) is 6.67. The quantitative estimate of drug-likeness (QED) is 0.844. The minimum atomic E-state index is 0.472. The molecule has 2 rings (SSSR count).